The van der Waals surface area contributed by atoms with Gasteiger partial charge in [-0.2, -0.15) is 0 Å². The maximum absolute atomic E-state index is 13.1. The molecule has 1 unspecified atom stereocenters. The minimum atomic E-state index is -1.55. The van der Waals surface area contributed by atoms with E-state index in [1.165, 1.54) is 23.5 Å². The number of carbonyl (C=O) groups excluding carboxylic acids is 4. The monoisotopic (exact) mass is 543 g/mol. The number of nitrogens with one attached hydrogen (secondary N) is 2. The molecule has 2 heterocycles. The van der Waals surface area contributed by atoms with Crippen molar-refractivity contribution in [2.45, 2.75) is 91.2 Å². The van der Waals surface area contributed by atoms with E-state index in [-0.39, 0.29) is 28.5 Å². The fourth-order valence-corrected chi connectivity index (χ4v) is 3.57. The summed E-state index contributed by atoms with van der Waals surface area (Å²) >= 11 is 5.06. The molecule has 0 aliphatic carbocycles. The van der Waals surface area contributed by atoms with Crippen LogP contribution in [-0.4, -0.2) is 67.8 Å². The van der Waals surface area contributed by atoms with E-state index in [1.54, 1.807) is 48.5 Å². The number of hydrogen-bond donors (Lipinski definition) is 3. The van der Waals surface area contributed by atoms with Gasteiger partial charge in [0.05, 0.1) is 6.04 Å². The molecule has 2 atom stereocenters. The van der Waals surface area contributed by atoms with Gasteiger partial charge in [0.1, 0.15) is 22.9 Å². The Morgan fingerprint density at radius 2 is 1.67 bits per heavy atom. The van der Waals surface area contributed by atoms with Crippen LogP contribution in [0.25, 0.3) is 0 Å². The van der Waals surface area contributed by atoms with Crippen molar-refractivity contribution in [3.63, 3.8) is 0 Å². The maximum atomic E-state index is 13.1. The number of oxime groups is 1. The smallest absolute Gasteiger partial charge is 0.413 e. The Morgan fingerprint density at radius 1 is 1.08 bits per heavy atom. The summed E-state index contributed by atoms with van der Waals surface area (Å²) < 4.78 is 11.7. The molecule has 0 spiro atoms. The van der Waals surface area contributed by atoms with Crippen LogP contribution in [0.15, 0.2) is 10.5 Å². The molecule has 0 aromatic carbocycles. The lowest BCUT2D eigenvalue weighted by Crippen LogP contribution is -2.66. The van der Waals surface area contributed by atoms with Crippen molar-refractivity contribution >= 4 is 58.9 Å². The molecule has 1 fully saturated rings. The molecular formula is C22H33N5O7S2. The molecule has 200 valence electrons. The summed E-state index contributed by atoms with van der Waals surface area (Å²) in [7, 11) is 0. The summed E-state index contributed by atoms with van der Waals surface area (Å²) in [5.41, 5.74) is -3.29. The van der Waals surface area contributed by atoms with E-state index >= 15 is 0 Å². The van der Waals surface area contributed by atoms with Crippen LogP contribution in [0.5, 0.6) is 0 Å². The lowest BCUT2D eigenvalue weighted by atomic mass is 10.0. The molecule has 1 aliphatic rings. The molecule has 12 nitrogen and oxygen atoms in total. The Labute approximate surface area is 219 Å². The number of anilines is 1. The average Bonchev–Trinajstić information content (AvgIpc) is 3.16. The van der Waals surface area contributed by atoms with Crippen LogP contribution in [0.3, 0.4) is 0 Å². The second-order valence-corrected chi connectivity index (χ2v) is 11.9. The van der Waals surface area contributed by atoms with Gasteiger partial charge in [-0.3, -0.25) is 19.2 Å². The van der Waals surface area contributed by atoms with Crippen LogP contribution >= 0.6 is 24.2 Å². The summed E-state index contributed by atoms with van der Waals surface area (Å²) in [6, 6.07) is -1.18. The van der Waals surface area contributed by atoms with Gasteiger partial charge in [-0.25, -0.2) is 14.6 Å². The van der Waals surface area contributed by atoms with Crippen molar-refractivity contribution in [2.75, 3.05) is 5.32 Å². The zero-order valence-electron chi connectivity index (χ0n) is 21.8. The number of carbonyl (C=O) groups is 4. The van der Waals surface area contributed by atoms with Crippen LogP contribution in [0.4, 0.5) is 9.93 Å². The van der Waals surface area contributed by atoms with Crippen molar-refractivity contribution in [2.24, 2.45) is 5.16 Å². The van der Waals surface area contributed by atoms with Gasteiger partial charge in [0, 0.05) is 5.38 Å². The summed E-state index contributed by atoms with van der Waals surface area (Å²) in [6.07, 6.45) is -0.726. The minimum absolute atomic E-state index is 0.0469. The summed E-state index contributed by atoms with van der Waals surface area (Å²) in [6.45, 7) is 14.9. The lowest BCUT2D eigenvalue weighted by Gasteiger charge is -2.41. The van der Waals surface area contributed by atoms with Crippen LogP contribution < -0.4 is 10.6 Å². The van der Waals surface area contributed by atoms with Crippen LogP contribution in [0.1, 0.15) is 68.0 Å². The molecule has 1 saturated heterocycles. The first kappa shape index (κ1) is 29.4. The van der Waals surface area contributed by atoms with Gasteiger partial charge < -0.3 is 19.6 Å². The normalized spacial score (nSPS) is 18.8. The van der Waals surface area contributed by atoms with Gasteiger partial charge in [0.2, 0.25) is 5.60 Å². The van der Waals surface area contributed by atoms with Gasteiger partial charge in [-0.05, 0) is 62.3 Å². The van der Waals surface area contributed by atoms with E-state index < -0.39 is 40.8 Å². The standard InChI is InChI=1S/C22H33N5O7S2/c1-11-13(16(29)27(11)35)24-15(28)14(26-34-22(8,9)17(30)32-20(2,3)4)12-10-36-18(23-12)25-19(31)33-21(5,6)7/h10-11,13,35H,1-9H3,(H,24,28)(H,23,25,31)/b26-14-/t11?,13-/m0/s1. The molecule has 3 amide bonds. The van der Waals surface area contributed by atoms with Crippen LogP contribution in [0, 0.1) is 0 Å². The lowest BCUT2D eigenvalue weighted by molar-refractivity contribution is -0.179. The predicted octanol–water partition coefficient (Wildman–Crippen LogP) is 2.89. The van der Waals surface area contributed by atoms with Crippen molar-refractivity contribution in [1.29, 1.82) is 0 Å². The molecule has 36 heavy (non-hydrogen) atoms. The van der Waals surface area contributed by atoms with E-state index in [0.29, 0.717) is 0 Å². The quantitative estimate of drug-likeness (QED) is 0.156. The Bertz CT molecular complexity index is 1060. The van der Waals surface area contributed by atoms with Crippen molar-refractivity contribution in [1.82, 2.24) is 14.6 Å². The third-order valence-corrected chi connectivity index (χ3v) is 5.79. The Hall–Kier alpha value is -2.87. The highest BCUT2D eigenvalue weighted by Crippen LogP contribution is 2.23. The highest BCUT2D eigenvalue weighted by Gasteiger charge is 2.45. The highest BCUT2D eigenvalue weighted by molar-refractivity contribution is 7.78. The van der Waals surface area contributed by atoms with Crippen LogP contribution in [-0.2, 0) is 28.7 Å². The highest BCUT2D eigenvalue weighted by atomic mass is 32.1. The van der Waals surface area contributed by atoms with Gasteiger partial charge in [0.25, 0.3) is 11.8 Å². The van der Waals surface area contributed by atoms with Gasteiger partial charge >= 0.3 is 12.1 Å². The van der Waals surface area contributed by atoms with Crippen LogP contribution in [0.2, 0.25) is 0 Å². The van der Waals surface area contributed by atoms with Crippen molar-refractivity contribution in [3.05, 3.63) is 11.1 Å². The number of thiol groups is 1. The first-order valence-corrected chi connectivity index (χ1v) is 12.4. The molecule has 2 rings (SSSR count). The Morgan fingerprint density at radius 3 is 2.19 bits per heavy atom. The van der Waals surface area contributed by atoms with E-state index in [1.807, 2.05) is 0 Å². The second kappa shape index (κ2) is 10.6. The number of esters is 1. The van der Waals surface area contributed by atoms with E-state index in [0.717, 1.165) is 11.3 Å². The van der Waals surface area contributed by atoms with E-state index in [2.05, 4.69) is 33.6 Å². The average molecular weight is 544 g/mol. The number of β-lactam (4-membered cyclic amide) rings is 1. The molecule has 1 aliphatic heterocycles. The third-order valence-electron chi connectivity index (χ3n) is 4.47. The molecule has 1 aromatic rings. The first-order valence-electron chi connectivity index (χ1n) is 11.1. The molecule has 1 aromatic heterocycles. The maximum Gasteiger partial charge on any atom is 0.413 e. The molecule has 0 bridgehead atoms. The Kier molecular flexibility index (Phi) is 8.67. The fraction of sp³-hybridized carbons (Fsp3) is 0.636. The number of amides is 3. The summed E-state index contributed by atoms with van der Waals surface area (Å²) in [5, 5.41) is 10.6. The molecule has 14 heteroatoms. The molecular weight excluding hydrogens is 510 g/mol. The molecule has 2 N–H and O–H groups in total. The second-order valence-electron chi connectivity index (χ2n) is 10.6. The predicted molar refractivity (Wildman–Crippen MR) is 137 cm³/mol. The summed E-state index contributed by atoms with van der Waals surface area (Å²) in [4.78, 5) is 59.4. The number of rotatable bonds is 7. The fourth-order valence-electron chi connectivity index (χ4n) is 2.63. The largest absolute Gasteiger partial charge is 0.457 e. The third kappa shape index (κ3) is 7.82. The van der Waals surface area contributed by atoms with E-state index in [9.17, 15) is 19.2 Å². The van der Waals surface area contributed by atoms with Gasteiger partial charge in [-0.1, -0.05) is 18.0 Å². The number of thiazole rings is 1. The topological polar surface area (TPSA) is 149 Å². The SMILES string of the molecule is CC1[C@H](NC(=O)/C(=N\OC(C)(C)C(=O)OC(C)(C)C)c2csc(NC(=O)OC(C)(C)C)n2)C(=O)N1S. The zero-order valence-corrected chi connectivity index (χ0v) is 23.5. The first-order chi connectivity index (χ1) is 16.3. The number of ether oxygens (including phenoxy) is 2. The number of hydrogen-bond acceptors (Lipinski definition) is 11. The van der Waals surface area contributed by atoms with Gasteiger partial charge in [-0.15, -0.1) is 11.3 Å². The zero-order chi connectivity index (χ0) is 27.6. The van der Waals surface area contributed by atoms with E-state index in [4.69, 9.17) is 14.3 Å². The number of nitrogens with zero attached hydrogens (tertiary/aromatic N) is 3. The molecule has 0 saturated carbocycles. The molecule has 0 radical (unpaired) electrons. The van der Waals surface area contributed by atoms with Crippen molar-refractivity contribution in [3.8, 4) is 0 Å². The van der Waals surface area contributed by atoms with Crippen molar-refractivity contribution < 1.29 is 33.5 Å². The number of aromatic nitrogens is 1. The Balaban J connectivity index is 2.30. The minimum Gasteiger partial charge on any atom is -0.457 e. The summed E-state index contributed by atoms with van der Waals surface area (Å²) in [5.74, 6) is -1.85. The van der Waals surface area contributed by atoms with Gasteiger partial charge in [0.15, 0.2) is 10.8 Å².